The van der Waals surface area contributed by atoms with E-state index in [0.717, 1.165) is 25.6 Å². The van der Waals surface area contributed by atoms with Crippen molar-refractivity contribution >= 4 is 5.82 Å². The molecule has 0 bridgehead atoms. The molecule has 1 aliphatic heterocycles. The molecule has 0 radical (unpaired) electrons. The summed E-state index contributed by atoms with van der Waals surface area (Å²) in [5, 5.41) is 11.3. The van der Waals surface area contributed by atoms with Gasteiger partial charge in [-0.05, 0) is 30.6 Å². The van der Waals surface area contributed by atoms with Gasteiger partial charge in [-0.15, -0.1) is 0 Å². The lowest BCUT2D eigenvalue weighted by Crippen LogP contribution is -2.44. The highest BCUT2D eigenvalue weighted by Crippen LogP contribution is 2.62. The monoisotopic (exact) mass is 247 g/mol. The molecular formula is C13H21N5. The average molecular weight is 247 g/mol. The first-order valence-corrected chi connectivity index (χ1v) is 7.00. The zero-order chi connectivity index (χ0) is 12.2. The van der Waals surface area contributed by atoms with Crippen LogP contribution in [-0.2, 0) is 0 Å². The van der Waals surface area contributed by atoms with E-state index in [1.165, 1.54) is 25.1 Å². The van der Waals surface area contributed by atoms with Crippen LogP contribution in [0, 0.1) is 11.3 Å². The van der Waals surface area contributed by atoms with Crippen LogP contribution >= 0.6 is 0 Å². The Bertz CT molecular complexity index is 452. The molecule has 5 nitrogen and oxygen atoms in total. The second kappa shape index (κ2) is 3.71. The van der Waals surface area contributed by atoms with E-state index in [9.17, 15) is 0 Å². The molecule has 1 aromatic heterocycles. The van der Waals surface area contributed by atoms with E-state index in [2.05, 4.69) is 26.5 Å². The quantitative estimate of drug-likeness (QED) is 0.727. The van der Waals surface area contributed by atoms with Crippen molar-refractivity contribution < 1.29 is 0 Å². The van der Waals surface area contributed by atoms with Gasteiger partial charge in [-0.3, -0.25) is 0 Å². The summed E-state index contributed by atoms with van der Waals surface area (Å²) in [6, 6.07) is 3.05. The van der Waals surface area contributed by atoms with Crippen molar-refractivity contribution in [1.82, 2.24) is 15.1 Å². The molecule has 1 saturated heterocycles. The highest BCUT2D eigenvalue weighted by atomic mass is 15.4. The predicted octanol–water partition coefficient (Wildman–Crippen LogP) is 0.567. The summed E-state index contributed by atoms with van der Waals surface area (Å²) in [4.78, 5) is 0. The number of nitrogens with zero attached hydrogens (tertiary/aromatic N) is 2. The van der Waals surface area contributed by atoms with Gasteiger partial charge in [-0.25, -0.2) is 4.68 Å². The number of rotatable bonds is 4. The lowest BCUT2D eigenvalue weighted by molar-refractivity contribution is 0.320. The van der Waals surface area contributed by atoms with Gasteiger partial charge in [0, 0.05) is 31.7 Å². The third kappa shape index (κ3) is 1.57. The molecule has 1 aromatic rings. The Balaban J connectivity index is 1.42. The van der Waals surface area contributed by atoms with Gasteiger partial charge >= 0.3 is 0 Å². The molecule has 3 fully saturated rings. The number of hydrogen-bond donors (Lipinski definition) is 3. The van der Waals surface area contributed by atoms with Crippen molar-refractivity contribution in [2.45, 2.75) is 31.3 Å². The minimum atomic E-state index is 0.436. The Morgan fingerprint density at radius 2 is 2.39 bits per heavy atom. The van der Waals surface area contributed by atoms with Crippen LogP contribution in [0.15, 0.2) is 12.3 Å². The first-order chi connectivity index (χ1) is 8.77. The van der Waals surface area contributed by atoms with E-state index in [4.69, 9.17) is 5.73 Å². The van der Waals surface area contributed by atoms with Crippen molar-refractivity contribution in [1.29, 1.82) is 0 Å². The van der Waals surface area contributed by atoms with Gasteiger partial charge in [0.1, 0.15) is 5.82 Å². The van der Waals surface area contributed by atoms with Crippen LogP contribution in [0.5, 0.6) is 0 Å². The summed E-state index contributed by atoms with van der Waals surface area (Å²) in [5.41, 5.74) is 6.55. The fourth-order valence-electron chi connectivity index (χ4n) is 3.73. The third-order valence-corrected chi connectivity index (χ3v) is 5.01. The lowest BCUT2D eigenvalue weighted by Gasteiger charge is -2.29. The summed E-state index contributed by atoms with van der Waals surface area (Å²) in [6.07, 6.45) is 5.69. The Kier molecular flexibility index (Phi) is 2.23. The molecule has 2 aliphatic carbocycles. The fourth-order valence-corrected chi connectivity index (χ4v) is 3.73. The first kappa shape index (κ1) is 10.8. The maximum atomic E-state index is 6.04. The molecule has 4 rings (SSSR count). The molecule has 0 aromatic carbocycles. The third-order valence-electron chi connectivity index (χ3n) is 5.01. The van der Waals surface area contributed by atoms with E-state index in [0.29, 0.717) is 17.5 Å². The summed E-state index contributed by atoms with van der Waals surface area (Å²) in [7, 11) is 0. The minimum absolute atomic E-state index is 0.436. The zero-order valence-corrected chi connectivity index (χ0v) is 10.6. The number of aromatic nitrogens is 2. The van der Waals surface area contributed by atoms with Gasteiger partial charge in [0.25, 0.3) is 0 Å². The number of hydrogen-bond acceptors (Lipinski definition) is 4. The summed E-state index contributed by atoms with van der Waals surface area (Å²) in [6.45, 7) is 3.14. The Hall–Kier alpha value is -1.07. The van der Waals surface area contributed by atoms with Gasteiger partial charge in [0.15, 0.2) is 0 Å². The second-order valence-corrected chi connectivity index (χ2v) is 6.29. The van der Waals surface area contributed by atoms with Crippen LogP contribution in [-0.4, -0.2) is 35.5 Å². The number of nitrogens with two attached hydrogens (primary N) is 1. The van der Waals surface area contributed by atoms with E-state index >= 15 is 0 Å². The molecule has 2 saturated carbocycles. The fraction of sp³-hybridized carbons (Fsp3) is 0.769. The van der Waals surface area contributed by atoms with Gasteiger partial charge in [0.2, 0.25) is 0 Å². The molecule has 98 valence electrons. The highest BCUT2D eigenvalue weighted by molar-refractivity contribution is 5.36. The minimum Gasteiger partial charge on any atom is -0.370 e. The predicted molar refractivity (Wildman–Crippen MR) is 70.4 cm³/mol. The van der Waals surface area contributed by atoms with Crippen LogP contribution < -0.4 is 16.4 Å². The lowest BCUT2D eigenvalue weighted by atomic mass is 10.0. The molecule has 0 spiro atoms. The Morgan fingerprint density at radius 3 is 3.06 bits per heavy atom. The largest absolute Gasteiger partial charge is 0.370 e. The SMILES string of the molecule is N[C@H]1C[C@@H]2C[C@]2(CNc2ccnn2C2CNC2)C1. The normalized spacial score (nSPS) is 38.3. The molecular weight excluding hydrogens is 226 g/mol. The second-order valence-electron chi connectivity index (χ2n) is 6.29. The zero-order valence-electron chi connectivity index (χ0n) is 10.6. The van der Waals surface area contributed by atoms with Gasteiger partial charge in [-0.1, -0.05) is 0 Å². The van der Waals surface area contributed by atoms with E-state index in [-0.39, 0.29) is 0 Å². The molecule has 4 N–H and O–H groups in total. The smallest absolute Gasteiger partial charge is 0.124 e. The van der Waals surface area contributed by atoms with Crippen molar-refractivity contribution in [2.75, 3.05) is 25.0 Å². The molecule has 2 heterocycles. The van der Waals surface area contributed by atoms with Crippen LogP contribution in [0.2, 0.25) is 0 Å². The molecule has 0 amide bonds. The molecule has 0 unspecified atom stereocenters. The van der Waals surface area contributed by atoms with Crippen LogP contribution in [0.4, 0.5) is 5.82 Å². The average Bonchev–Trinajstić information content (AvgIpc) is 2.66. The maximum Gasteiger partial charge on any atom is 0.124 e. The molecule has 18 heavy (non-hydrogen) atoms. The highest BCUT2D eigenvalue weighted by Gasteiger charge is 2.58. The standard InChI is InChI=1S/C13H21N5/c14-10-3-9-4-13(9,5-10)8-16-12-1-2-17-18(12)11-6-15-7-11/h1-2,9-11,15-16H,3-8,14H2/t9-,10+,13-/m1/s1. The molecule has 3 atom stereocenters. The van der Waals surface area contributed by atoms with Crippen molar-refractivity contribution in [3.63, 3.8) is 0 Å². The topological polar surface area (TPSA) is 67.9 Å². The summed E-state index contributed by atoms with van der Waals surface area (Å²) in [5.74, 6) is 2.05. The van der Waals surface area contributed by atoms with Crippen LogP contribution in [0.1, 0.15) is 25.3 Å². The summed E-state index contributed by atoms with van der Waals surface area (Å²) >= 11 is 0. The van der Waals surface area contributed by atoms with E-state index in [1.54, 1.807) is 0 Å². The number of anilines is 1. The first-order valence-electron chi connectivity index (χ1n) is 7.00. The molecule has 3 aliphatic rings. The Morgan fingerprint density at radius 1 is 1.50 bits per heavy atom. The van der Waals surface area contributed by atoms with Gasteiger partial charge in [-0.2, -0.15) is 5.10 Å². The van der Waals surface area contributed by atoms with Gasteiger partial charge < -0.3 is 16.4 Å². The van der Waals surface area contributed by atoms with Gasteiger partial charge in [0.05, 0.1) is 12.2 Å². The van der Waals surface area contributed by atoms with E-state index < -0.39 is 0 Å². The van der Waals surface area contributed by atoms with E-state index in [1.807, 2.05) is 6.20 Å². The number of nitrogens with one attached hydrogen (secondary N) is 2. The Labute approximate surface area is 107 Å². The van der Waals surface area contributed by atoms with Crippen LogP contribution in [0.3, 0.4) is 0 Å². The maximum absolute atomic E-state index is 6.04. The van der Waals surface area contributed by atoms with Crippen molar-refractivity contribution in [3.05, 3.63) is 12.3 Å². The number of fused-ring (bicyclic) bond motifs is 1. The van der Waals surface area contributed by atoms with Crippen LogP contribution in [0.25, 0.3) is 0 Å². The van der Waals surface area contributed by atoms with Crippen molar-refractivity contribution in [3.8, 4) is 0 Å². The summed E-state index contributed by atoms with van der Waals surface area (Å²) < 4.78 is 2.12. The molecule has 5 heteroatoms. The van der Waals surface area contributed by atoms with Crippen molar-refractivity contribution in [2.24, 2.45) is 17.1 Å².